The van der Waals surface area contributed by atoms with E-state index >= 15 is 0 Å². The van der Waals surface area contributed by atoms with Gasteiger partial charge in [-0.25, -0.2) is 5.84 Å². The van der Waals surface area contributed by atoms with Crippen molar-refractivity contribution in [2.45, 2.75) is 51.6 Å². The van der Waals surface area contributed by atoms with Gasteiger partial charge in [-0.15, -0.1) is 0 Å². The first-order chi connectivity index (χ1) is 8.02. The first kappa shape index (κ1) is 16.4. The highest BCUT2D eigenvalue weighted by Gasteiger charge is 2.15. The van der Waals surface area contributed by atoms with Gasteiger partial charge in [0.2, 0.25) is 5.91 Å². The van der Waals surface area contributed by atoms with E-state index in [0.717, 1.165) is 32.3 Å². The van der Waals surface area contributed by atoms with Crippen LogP contribution in [-0.2, 0) is 14.3 Å². The Kier molecular flexibility index (Phi) is 9.03. The second kappa shape index (κ2) is 9.39. The predicted octanol–water partition coefficient (Wildman–Crippen LogP) is 1.37. The molecular formula is C12H26N2O3. The number of hydrazine groups is 1. The largest absolute Gasteiger partial charge is 0.381 e. The minimum Gasteiger partial charge on any atom is -0.381 e. The molecule has 0 aromatic heterocycles. The molecule has 0 aliphatic rings. The van der Waals surface area contributed by atoms with Crippen molar-refractivity contribution in [3.63, 3.8) is 0 Å². The lowest BCUT2D eigenvalue weighted by molar-refractivity contribution is -0.121. The molecule has 102 valence electrons. The lowest BCUT2D eigenvalue weighted by atomic mass is 10.1. The number of amides is 1. The number of hydrogen-bond acceptors (Lipinski definition) is 4. The van der Waals surface area contributed by atoms with Crippen LogP contribution in [0.1, 0.15) is 46.0 Å². The van der Waals surface area contributed by atoms with Crippen LogP contribution < -0.4 is 11.3 Å². The van der Waals surface area contributed by atoms with Crippen molar-refractivity contribution in [2.24, 2.45) is 5.84 Å². The molecule has 0 spiro atoms. The molecule has 0 aliphatic heterocycles. The summed E-state index contributed by atoms with van der Waals surface area (Å²) in [6.45, 7) is 5.54. The topological polar surface area (TPSA) is 73.6 Å². The fraction of sp³-hybridized carbons (Fsp3) is 0.917. The van der Waals surface area contributed by atoms with Crippen LogP contribution in [0, 0.1) is 0 Å². The summed E-state index contributed by atoms with van der Waals surface area (Å²) in [5, 5.41) is 0. The molecule has 0 radical (unpaired) electrons. The highest BCUT2D eigenvalue weighted by Crippen LogP contribution is 2.12. The normalized spacial score (nSPS) is 11.5. The zero-order valence-electron chi connectivity index (χ0n) is 11.3. The molecule has 0 heterocycles. The van der Waals surface area contributed by atoms with Gasteiger partial charge < -0.3 is 9.47 Å². The van der Waals surface area contributed by atoms with Crippen LogP contribution in [0.25, 0.3) is 0 Å². The van der Waals surface area contributed by atoms with Crippen molar-refractivity contribution in [1.82, 2.24) is 5.43 Å². The van der Waals surface area contributed by atoms with Gasteiger partial charge in [-0.05, 0) is 33.1 Å². The van der Waals surface area contributed by atoms with Gasteiger partial charge in [0.15, 0.2) is 0 Å². The maximum Gasteiger partial charge on any atom is 0.233 e. The van der Waals surface area contributed by atoms with Crippen LogP contribution in [0.4, 0.5) is 0 Å². The highest BCUT2D eigenvalue weighted by atomic mass is 16.5. The third kappa shape index (κ3) is 10.2. The van der Waals surface area contributed by atoms with Crippen molar-refractivity contribution in [3.05, 3.63) is 0 Å². The Balaban J connectivity index is 3.22. The van der Waals surface area contributed by atoms with Crippen LogP contribution in [0.3, 0.4) is 0 Å². The summed E-state index contributed by atoms with van der Waals surface area (Å²) < 4.78 is 10.8. The Hall–Kier alpha value is -0.650. The van der Waals surface area contributed by atoms with Gasteiger partial charge in [0.25, 0.3) is 0 Å². The van der Waals surface area contributed by atoms with Crippen molar-refractivity contribution in [3.8, 4) is 0 Å². The van der Waals surface area contributed by atoms with E-state index in [4.69, 9.17) is 15.3 Å². The maximum absolute atomic E-state index is 10.8. The first-order valence-electron chi connectivity index (χ1n) is 6.14. The summed E-state index contributed by atoms with van der Waals surface area (Å²) in [4.78, 5) is 10.8. The van der Waals surface area contributed by atoms with Gasteiger partial charge in [0.1, 0.15) is 0 Å². The molecule has 0 rings (SSSR count). The molecule has 1 amide bonds. The van der Waals surface area contributed by atoms with E-state index in [0.29, 0.717) is 13.0 Å². The minimum absolute atomic E-state index is 0.104. The molecule has 5 nitrogen and oxygen atoms in total. The summed E-state index contributed by atoms with van der Waals surface area (Å²) >= 11 is 0. The number of ether oxygens (including phenoxy) is 2. The van der Waals surface area contributed by atoms with E-state index in [1.54, 1.807) is 7.11 Å². The first-order valence-corrected chi connectivity index (χ1v) is 6.14. The molecule has 0 saturated heterocycles. The summed E-state index contributed by atoms with van der Waals surface area (Å²) in [5.41, 5.74) is 2.00. The van der Waals surface area contributed by atoms with Crippen LogP contribution in [0.15, 0.2) is 0 Å². The van der Waals surface area contributed by atoms with Crippen molar-refractivity contribution >= 4 is 5.91 Å². The Morgan fingerprint density at radius 1 is 1.24 bits per heavy atom. The molecule has 0 aliphatic carbocycles. The van der Waals surface area contributed by atoms with Gasteiger partial charge in [0.05, 0.1) is 5.60 Å². The minimum atomic E-state index is -0.112. The number of rotatable bonds is 10. The van der Waals surface area contributed by atoms with E-state index in [-0.39, 0.29) is 11.5 Å². The monoisotopic (exact) mass is 246 g/mol. The predicted molar refractivity (Wildman–Crippen MR) is 67.3 cm³/mol. The van der Waals surface area contributed by atoms with Crippen LogP contribution in [0.5, 0.6) is 0 Å². The van der Waals surface area contributed by atoms with Crippen LogP contribution >= 0.6 is 0 Å². The molecule has 5 heteroatoms. The standard InChI is InChI=1S/C12H26N2O3/c1-12(2,16-3)8-10-17-9-6-4-5-7-11(15)14-13/h4-10,13H2,1-3H3,(H,14,15). The van der Waals surface area contributed by atoms with Gasteiger partial charge >= 0.3 is 0 Å². The average molecular weight is 246 g/mol. The summed E-state index contributed by atoms with van der Waals surface area (Å²) in [6.07, 6.45) is 4.20. The fourth-order valence-corrected chi connectivity index (χ4v) is 1.26. The second-order valence-electron chi connectivity index (χ2n) is 4.70. The van der Waals surface area contributed by atoms with Crippen molar-refractivity contribution in [1.29, 1.82) is 0 Å². The lowest BCUT2D eigenvalue weighted by Gasteiger charge is -2.22. The fourth-order valence-electron chi connectivity index (χ4n) is 1.26. The lowest BCUT2D eigenvalue weighted by Crippen LogP contribution is -2.29. The summed E-state index contributed by atoms with van der Waals surface area (Å²) in [6, 6.07) is 0. The Morgan fingerprint density at radius 2 is 1.94 bits per heavy atom. The van der Waals surface area contributed by atoms with E-state index < -0.39 is 0 Å². The molecule has 0 fully saturated rings. The number of methoxy groups -OCH3 is 1. The Morgan fingerprint density at radius 3 is 2.53 bits per heavy atom. The quantitative estimate of drug-likeness (QED) is 0.264. The molecule has 0 saturated carbocycles. The van der Waals surface area contributed by atoms with E-state index in [9.17, 15) is 4.79 Å². The number of nitrogens with one attached hydrogen (secondary N) is 1. The number of carbonyl (C=O) groups excluding carboxylic acids is 1. The van der Waals surface area contributed by atoms with Crippen LogP contribution in [0.2, 0.25) is 0 Å². The SMILES string of the molecule is COC(C)(C)CCOCCCCCC(=O)NN. The zero-order valence-corrected chi connectivity index (χ0v) is 11.3. The number of carbonyl (C=O) groups is 1. The molecular weight excluding hydrogens is 220 g/mol. The summed E-state index contributed by atoms with van der Waals surface area (Å²) in [7, 11) is 1.71. The zero-order chi connectivity index (χ0) is 13.1. The van der Waals surface area contributed by atoms with E-state index in [1.165, 1.54) is 0 Å². The average Bonchev–Trinajstić information content (AvgIpc) is 2.32. The molecule has 0 bridgehead atoms. The molecule has 0 unspecified atom stereocenters. The van der Waals surface area contributed by atoms with Gasteiger partial charge in [0, 0.05) is 26.7 Å². The molecule has 17 heavy (non-hydrogen) atoms. The molecule has 3 N–H and O–H groups in total. The van der Waals surface area contributed by atoms with Gasteiger partial charge in [-0.3, -0.25) is 10.2 Å². The Bertz CT molecular complexity index is 208. The van der Waals surface area contributed by atoms with Crippen LogP contribution in [-0.4, -0.2) is 31.8 Å². The highest BCUT2D eigenvalue weighted by molar-refractivity contribution is 5.74. The summed E-state index contributed by atoms with van der Waals surface area (Å²) in [5.74, 6) is 4.87. The van der Waals surface area contributed by atoms with Crippen molar-refractivity contribution < 1.29 is 14.3 Å². The smallest absolute Gasteiger partial charge is 0.233 e. The third-order valence-electron chi connectivity index (χ3n) is 2.75. The van der Waals surface area contributed by atoms with Gasteiger partial charge in [-0.1, -0.05) is 6.42 Å². The van der Waals surface area contributed by atoms with E-state index in [1.807, 2.05) is 13.8 Å². The Labute approximate surface area is 104 Å². The second-order valence-corrected chi connectivity index (χ2v) is 4.70. The molecule has 0 aromatic carbocycles. The third-order valence-corrected chi connectivity index (χ3v) is 2.75. The van der Waals surface area contributed by atoms with Crippen molar-refractivity contribution in [2.75, 3.05) is 20.3 Å². The van der Waals surface area contributed by atoms with E-state index in [2.05, 4.69) is 5.43 Å². The number of hydrogen-bond donors (Lipinski definition) is 2. The number of nitrogens with two attached hydrogens (primary N) is 1. The molecule has 0 atom stereocenters. The van der Waals surface area contributed by atoms with Gasteiger partial charge in [-0.2, -0.15) is 0 Å². The molecule has 0 aromatic rings. The number of unbranched alkanes of at least 4 members (excludes halogenated alkanes) is 2. The maximum atomic E-state index is 10.8.